The van der Waals surface area contributed by atoms with Crippen molar-refractivity contribution in [2.75, 3.05) is 5.73 Å². The van der Waals surface area contributed by atoms with Crippen LogP contribution in [-0.4, -0.2) is 41.9 Å². The van der Waals surface area contributed by atoms with E-state index in [9.17, 15) is 10.5 Å². The molecule has 0 aromatic carbocycles. The maximum absolute atomic E-state index is 9.40. The van der Waals surface area contributed by atoms with Crippen LogP contribution < -0.4 is 5.73 Å². The zero-order valence-electron chi connectivity index (χ0n) is 17.3. The molecule has 3 aromatic rings. The fourth-order valence-electron chi connectivity index (χ4n) is 4.38. The molecule has 3 N–H and O–H groups in total. The molecule has 1 aliphatic carbocycles. The number of hydrogen-bond donors (Lipinski definition) is 2. The number of fused-ring (bicyclic) bond motifs is 1. The smallest absolute Gasteiger partial charge is 0.213 e. The summed E-state index contributed by atoms with van der Waals surface area (Å²) in [5.74, 6) is 0.460. The van der Waals surface area contributed by atoms with E-state index in [4.69, 9.17) is 10.7 Å². The number of H-pyrrole nitrogens is 1. The van der Waals surface area contributed by atoms with Gasteiger partial charge in [0.05, 0.1) is 53.2 Å². The van der Waals surface area contributed by atoms with Crippen LogP contribution in [0.1, 0.15) is 37.8 Å². The highest BCUT2D eigenvalue weighted by Crippen LogP contribution is 2.40. The predicted octanol–water partition coefficient (Wildman–Crippen LogP) is 2.74. The lowest BCUT2D eigenvalue weighted by atomic mass is 9.70. The Morgan fingerprint density at radius 3 is 2.91 bits per heavy atom. The average molecular weight is 425 g/mol. The standard InChI is InChI=1S/C22H21N10/c23-7-6-22(4-1-15(10-24)2-5-22)14-31-12-16(11-27-31)21-19-3-8-26-32(19)13-18(28-21)17-9-20(25)30-29-17/h3,8-9,11-15H,1-2,4-6H2,(H3,25,29,30)/q+1/b31-14-. The molecular weight excluding hydrogens is 404 g/mol. The maximum Gasteiger partial charge on any atom is 0.213 e. The third kappa shape index (κ3) is 3.52. The zero-order valence-corrected chi connectivity index (χ0v) is 17.3. The fourth-order valence-corrected chi connectivity index (χ4v) is 4.38. The second kappa shape index (κ2) is 7.75. The highest BCUT2D eigenvalue weighted by molar-refractivity contribution is 6.12. The first kappa shape index (κ1) is 19.6. The molecule has 1 saturated carbocycles. The molecule has 10 nitrogen and oxygen atoms in total. The number of anilines is 1. The van der Waals surface area contributed by atoms with E-state index < -0.39 is 0 Å². The molecule has 0 amide bonds. The van der Waals surface area contributed by atoms with Gasteiger partial charge in [-0.2, -0.15) is 20.7 Å². The fraction of sp³-hybridized carbons (Fsp3) is 0.318. The van der Waals surface area contributed by atoms with Crippen LogP contribution in [0.2, 0.25) is 0 Å². The highest BCUT2D eigenvalue weighted by Gasteiger charge is 2.38. The topological polar surface area (TPSA) is 148 Å². The second-order valence-corrected chi connectivity index (χ2v) is 8.28. The number of hydrazone groups is 1. The van der Waals surface area contributed by atoms with Crippen LogP contribution in [-0.2, 0) is 0 Å². The minimum absolute atomic E-state index is 0.0713. The quantitative estimate of drug-likeness (QED) is 0.614. The lowest BCUT2D eigenvalue weighted by Gasteiger charge is -2.31. The summed E-state index contributed by atoms with van der Waals surface area (Å²) in [6.45, 7) is 0. The van der Waals surface area contributed by atoms with Gasteiger partial charge in [-0.25, -0.2) is 9.50 Å². The molecule has 0 atom stereocenters. The number of aromatic nitrogens is 5. The zero-order chi connectivity index (χ0) is 22.1. The van der Waals surface area contributed by atoms with Crippen molar-refractivity contribution in [3.63, 3.8) is 0 Å². The summed E-state index contributed by atoms with van der Waals surface area (Å²) in [5.41, 5.74) is 9.25. The lowest BCUT2D eigenvalue weighted by molar-refractivity contribution is -0.456. The highest BCUT2D eigenvalue weighted by atomic mass is 15.4. The van der Waals surface area contributed by atoms with E-state index >= 15 is 0 Å². The van der Waals surface area contributed by atoms with Crippen LogP contribution in [0.5, 0.6) is 0 Å². The molecule has 0 spiro atoms. The van der Waals surface area contributed by atoms with Gasteiger partial charge < -0.3 is 5.73 Å². The maximum atomic E-state index is 9.40. The molecule has 2 aliphatic rings. The van der Waals surface area contributed by atoms with Crippen LogP contribution in [0, 0.1) is 34.0 Å². The first-order valence-corrected chi connectivity index (χ1v) is 10.4. The van der Waals surface area contributed by atoms with Gasteiger partial charge >= 0.3 is 0 Å². The molecule has 32 heavy (non-hydrogen) atoms. The number of nitrogens with one attached hydrogen (secondary N) is 1. The first-order chi connectivity index (χ1) is 15.6. The number of hydrogen-bond acceptors (Lipinski definition) is 7. The third-order valence-corrected chi connectivity index (χ3v) is 6.14. The number of allylic oxidation sites excluding steroid dienone is 1. The van der Waals surface area contributed by atoms with E-state index in [2.05, 4.69) is 32.5 Å². The molecule has 3 aromatic heterocycles. The third-order valence-electron chi connectivity index (χ3n) is 6.14. The Morgan fingerprint density at radius 1 is 1.34 bits per heavy atom. The molecule has 0 bridgehead atoms. The summed E-state index contributed by atoms with van der Waals surface area (Å²) in [6, 6.07) is 8.30. The second-order valence-electron chi connectivity index (χ2n) is 8.28. The van der Waals surface area contributed by atoms with Crippen LogP contribution >= 0.6 is 0 Å². The van der Waals surface area contributed by atoms with E-state index in [1.165, 1.54) is 0 Å². The van der Waals surface area contributed by atoms with Crippen molar-refractivity contribution in [3.05, 3.63) is 36.4 Å². The van der Waals surface area contributed by atoms with Crippen molar-refractivity contribution in [1.29, 1.82) is 10.5 Å². The Balaban J connectivity index is 1.52. The van der Waals surface area contributed by atoms with E-state index in [0.717, 1.165) is 42.5 Å². The minimum Gasteiger partial charge on any atom is -0.382 e. The van der Waals surface area contributed by atoms with Crippen molar-refractivity contribution in [1.82, 2.24) is 24.8 Å². The number of nitriles is 2. The molecule has 1 aliphatic heterocycles. The Bertz CT molecular complexity index is 1350. The summed E-state index contributed by atoms with van der Waals surface area (Å²) in [6.07, 6.45) is 12.9. The van der Waals surface area contributed by atoms with Gasteiger partial charge in [-0.05, 0) is 36.9 Å². The van der Waals surface area contributed by atoms with Crippen molar-refractivity contribution in [2.45, 2.75) is 32.1 Å². The van der Waals surface area contributed by atoms with E-state index in [1.807, 2.05) is 24.7 Å². The molecule has 4 heterocycles. The van der Waals surface area contributed by atoms with Crippen LogP contribution in [0.15, 0.2) is 35.8 Å². The summed E-state index contributed by atoms with van der Waals surface area (Å²) in [4.78, 5) is 4.82. The molecule has 5 rings (SSSR count). The monoisotopic (exact) mass is 425 g/mol. The minimum atomic E-state index is -0.278. The van der Waals surface area contributed by atoms with Crippen molar-refractivity contribution in [2.24, 2.45) is 16.4 Å². The Morgan fingerprint density at radius 2 is 2.19 bits per heavy atom. The summed E-state index contributed by atoms with van der Waals surface area (Å²) in [5, 5.41) is 34.4. The Kier molecular flexibility index (Phi) is 4.75. The van der Waals surface area contributed by atoms with Crippen LogP contribution in [0.25, 0.3) is 22.5 Å². The van der Waals surface area contributed by atoms with E-state index in [-0.39, 0.29) is 11.3 Å². The Labute approximate surface area is 184 Å². The molecule has 10 heteroatoms. The van der Waals surface area contributed by atoms with Gasteiger partial charge in [0.15, 0.2) is 6.21 Å². The molecular formula is C22H21N10+. The van der Waals surface area contributed by atoms with E-state index in [1.54, 1.807) is 27.7 Å². The van der Waals surface area contributed by atoms with Crippen molar-refractivity contribution < 1.29 is 4.68 Å². The van der Waals surface area contributed by atoms with Crippen molar-refractivity contribution in [3.8, 4) is 23.5 Å². The lowest BCUT2D eigenvalue weighted by Crippen LogP contribution is -2.30. The largest absolute Gasteiger partial charge is 0.382 e. The predicted molar refractivity (Wildman–Crippen MR) is 118 cm³/mol. The van der Waals surface area contributed by atoms with Crippen LogP contribution in [0.3, 0.4) is 0 Å². The summed E-state index contributed by atoms with van der Waals surface area (Å²) in [7, 11) is 0. The van der Waals surface area contributed by atoms with Gasteiger partial charge in [0.25, 0.3) is 0 Å². The SMILES string of the molecule is N#CCC1(/C=[N+]2/C=C(c3nc(-c4cc(N)n[nH]4)cn4nccc34)C=N2)CCC(C#N)CC1. The average Bonchev–Trinajstić information content (AvgIpc) is 3.55. The molecule has 158 valence electrons. The van der Waals surface area contributed by atoms with E-state index in [0.29, 0.717) is 23.6 Å². The molecule has 0 radical (unpaired) electrons. The van der Waals surface area contributed by atoms with Gasteiger partial charge in [0, 0.05) is 12.0 Å². The summed E-state index contributed by atoms with van der Waals surface area (Å²) >= 11 is 0. The number of rotatable bonds is 4. The van der Waals surface area contributed by atoms with Gasteiger partial charge in [0.2, 0.25) is 6.20 Å². The van der Waals surface area contributed by atoms with Crippen LogP contribution in [0.4, 0.5) is 5.82 Å². The van der Waals surface area contributed by atoms with Crippen molar-refractivity contribution >= 4 is 29.3 Å². The number of nitrogens with two attached hydrogens (primary N) is 1. The number of nitrogens with zero attached hydrogens (tertiary/aromatic N) is 8. The molecule has 0 unspecified atom stereocenters. The normalized spacial score (nSPS) is 23.9. The Hall–Kier alpha value is -4.31. The number of nitrogen functional groups attached to an aromatic ring is 1. The van der Waals surface area contributed by atoms with Gasteiger partial charge in [-0.15, -0.1) is 0 Å². The summed E-state index contributed by atoms with van der Waals surface area (Å²) < 4.78 is 3.53. The number of aromatic amines is 1. The van der Waals surface area contributed by atoms with Gasteiger partial charge in [-0.1, -0.05) is 4.68 Å². The van der Waals surface area contributed by atoms with Gasteiger partial charge in [-0.3, -0.25) is 5.10 Å². The molecule has 1 fully saturated rings. The van der Waals surface area contributed by atoms with Gasteiger partial charge in [0.1, 0.15) is 23.4 Å². The molecule has 0 saturated heterocycles. The first-order valence-electron chi connectivity index (χ1n) is 10.4.